The van der Waals surface area contributed by atoms with Crippen molar-refractivity contribution >= 4 is 23.9 Å². The Labute approximate surface area is 182 Å². The Kier molecular flexibility index (Phi) is 10.5. The second kappa shape index (κ2) is 12.6. The zero-order valence-corrected chi connectivity index (χ0v) is 18.7. The molecule has 172 valence electrons. The van der Waals surface area contributed by atoms with Crippen LogP contribution in [0.4, 0.5) is 4.79 Å². The summed E-state index contributed by atoms with van der Waals surface area (Å²) in [6.07, 6.45) is -0.495. The van der Waals surface area contributed by atoms with E-state index in [0.717, 1.165) is 5.56 Å². The molecule has 1 rings (SSSR count). The third-order valence-electron chi connectivity index (χ3n) is 4.51. The summed E-state index contributed by atoms with van der Waals surface area (Å²) in [6, 6.07) is 6.14. The van der Waals surface area contributed by atoms with Gasteiger partial charge in [0.1, 0.15) is 24.7 Å². The minimum atomic E-state index is -1.13. The molecule has 0 heterocycles. The number of aliphatic carboxylic acids is 1. The number of benzene rings is 1. The largest absolute Gasteiger partial charge is 0.480 e. The van der Waals surface area contributed by atoms with Crippen LogP contribution in [0, 0.1) is 11.8 Å². The van der Waals surface area contributed by atoms with Crippen LogP contribution in [-0.2, 0) is 25.7 Å². The molecule has 3 amide bonds. The highest BCUT2D eigenvalue weighted by atomic mass is 16.5. The van der Waals surface area contributed by atoms with Crippen molar-refractivity contribution in [2.45, 2.75) is 65.8 Å². The van der Waals surface area contributed by atoms with Gasteiger partial charge in [-0.1, -0.05) is 58.0 Å². The fraction of sp³-hybridized carbons (Fsp3) is 0.545. The quantitative estimate of drug-likeness (QED) is 0.420. The van der Waals surface area contributed by atoms with Gasteiger partial charge in [0, 0.05) is 0 Å². The van der Waals surface area contributed by atoms with E-state index < -0.39 is 42.0 Å². The van der Waals surface area contributed by atoms with Gasteiger partial charge in [0.2, 0.25) is 11.8 Å². The van der Waals surface area contributed by atoms with Crippen molar-refractivity contribution in [1.29, 1.82) is 0 Å². The molecule has 0 saturated carbocycles. The number of rotatable bonds is 11. The van der Waals surface area contributed by atoms with Gasteiger partial charge in [-0.05, 0) is 30.7 Å². The predicted molar refractivity (Wildman–Crippen MR) is 115 cm³/mol. The summed E-state index contributed by atoms with van der Waals surface area (Å²) in [5.41, 5.74) is 0.806. The Morgan fingerprint density at radius 1 is 0.903 bits per heavy atom. The second-order valence-electron chi connectivity index (χ2n) is 8.19. The lowest BCUT2D eigenvalue weighted by atomic mass is 10.00. The van der Waals surface area contributed by atoms with E-state index in [-0.39, 0.29) is 24.9 Å². The molecule has 0 unspecified atom stereocenters. The third kappa shape index (κ3) is 9.50. The Balaban J connectivity index is 2.63. The molecule has 0 saturated heterocycles. The molecular weight excluding hydrogens is 402 g/mol. The SMILES string of the molecule is CC(C)C[C@H](NC(=O)[C@@H](NC(=O)[C@H](C)NC(=O)OCc1ccccc1)C(C)C)C(=O)O. The van der Waals surface area contributed by atoms with Crippen molar-refractivity contribution in [1.82, 2.24) is 16.0 Å². The number of nitrogens with one attached hydrogen (secondary N) is 3. The van der Waals surface area contributed by atoms with Crippen LogP contribution in [0.25, 0.3) is 0 Å². The van der Waals surface area contributed by atoms with Crippen LogP contribution in [0.5, 0.6) is 0 Å². The van der Waals surface area contributed by atoms with E-state index in [1.165, 1.54) is 6.92 Å². The van der Waals surface area contributed by atoms with Gasteiger partial charge in [0.05, 0.1) is 0 Å². The van der Waals surface area contributed by atoms with Gasteiger partial charge >= 0.3 is 12.1 Å². The fourth-order valence-electron chi connectivity index (χ4n) is 2.77. The maximum atomic E-state index is 12.6. The molecule has 0 spiro atoms. The van der Waals surface area contributed by atoms with Crippen LogP contribution >= 0.6 is 0 Å². The van der Waals surface area contributed by atoms with Gasteiger partial charge in [0.25, 0.3) is 0 Å². The predicted octanol–water partition coefficient (Wildman–Crippen LogP) is 2.06. The Bertz CT molecular complexity index is 751. The van der Waals surface area contributed by atoms with Gasteiger partial charge in [0.15, 0.2) is 0 Å². The zero-order chi connectivity index (χ0) is 23.6. The average molecular weight is 436 g/mol. The standard InChI is InChI=1S/C22H33N3O6/c1-13(2)11-17(21(28)29)24-20(27)18(14(3)4)25-19(26)15(5)23-22(30)31-12-16-9-7-6-8-10-16/h6-10,13-15,17-18H,11-12H2,1-5H3,(H,23,30)(H,24,27)(H,25,26)(H,28,29)/t15-,17-,18-/m0/s1. The Morgan fingerprint density at radius 2 is 1.52 bits per heavy atom. The topological polar surface area (TPSA) is 134 Å². The maximum absolute atomic E-state index is 12.6. The van der Waals surface area contributed by atoms with Crippen molar-refractivity contribution in [2.24, 2.45) is 11.8 Å². The first kappa shape index (κ1) is 25.9. The van der Waals surface area contributed by atoms with E-state index >= 15 is 0 Å². The normalized spacial score (nSPS) is 13.8. The summed E-state index contributed by atoms with van der Waals surface area (Å²) in [5, 5.41) is 16.8. The number of ether oxygens (including phenoxy) is 1. The van der Waals surface area contributed by atoms with E-state index in [1.807, 2.05) is 32.0 Å². The van der Waals surface area contributed by atoms with E-state index in [0.29, 0.717) is 0 Å². The molecule has 31 heavy (non-hydrogen) atoms. The fourth-order valence-corrected chi connectivity index (χ4v) is 2.77. The summed E-state index contributed by atoms with van der Waals surface area (Å²) in [5.74, 6) is -2.53. The molecule has 9 heteroatoms. The third-order valence-corrected chi connectivity index (χ3v) is 4.51. The summed E-state index contributed by atoms with van der Waals surface area (Å²) >= 11 is 0. The first-order chi connectivity index (χ1) is 14.5. The number of carboxylic acid groups (broad SMARTS) is 1. The number of carbonyl (C=O) groups is 4. The van der Waals surface area contributed by atoms with Crippen molar-refractivity contribution < 1.29 is 29.0 Å². The van der Waals surface area contributed by atoms with Gasteiger partial charge in [-0.25, -0.2) is 9.59 Å². The molecule has 0 aliphatic heterocycles. The van der Waals surface area contributed by atoms with Crippen molar-refractivity contribution in [3.8, 4) is 0 Å². The number of hydrogen-bond acceptors (Lipinski definition) is 5. The number of hydrogen-bond donors (Lipinski definition) is 4. The highest BCUT2D eigenvalue weighted by Crippen LogP contribution is 2.08. The van der Waals surface area contributed by atoms with E-state index in [4.69, 9.17) is 4.74 Å². The van der Waals surface area contributed by atoms with Crippen LogP contribution in [0.2, 0.25) is 0 Å². The van der Waals surface area contributed by atoms with E-state index in [2.05, 4.69) is 16.0 Å². The minimum Gasteiger partial charge on any atom is -0.480 e. The molecular formula is C22H33N3O6. The van der Waals surface area contributed by atoms with Crippen LogP contribution in [0.15, 0.2) is 30.3 Å². The van der Waals surface area contributed by atoms with Crippen LogP contribution in [0.1, 0.15) is 46.6 Å². The number of amides is 3. The first-order valence-electron chi connectivity index (χ1n) is 10.3. The van der Waals surface area contributed by atoms with Crippen molar-refractivity contribution in [3.63, 3.8) is 0 Å². The molecule has 9 nitrogen and oxygen atoms in total. The lowest BCUT2D eigenvalue weighted by Gasteiger charge is -2.26. The molecule has 3 atom stereocenters. The van der Waals surface area contributed by atoms with E-state index in [9.17, 15) is 24.3 Å². The van der Waals surface area contributed by atoms with Crippen LogP contribution in [-0.4, -0.2) is 47.1 Å². The molecule has 4 N–H and O–H groups in total. The monoisotopic (exact) mass is 435 g/mol. The van der Waals surface area contributed by atoms with Gasteiger partial charge in [-0.2, -0.15) is 0 Å². The van der Waals surface area contributed by atoms with Gasteiger partial charge < -0.3 is 25.8 Å². The van der Waals surface area contributed by atoms with Gasteiger partial charge in [-0.3, -0.25) is 9.59 Å². The number of carboxylic acids is 1. The molecule has 0 aliphatic carbocycles. The molecule has 0 aliphatic rings. The smallest absolute Gasteiger partial charge is 0.408 e. The molecule has 1 aromatic rings. The first-order valence-corrected chi connectivity index (χ1v) is 10.3. The zero-order valence-electron chi connectivity index (χ0n) is 18.7. The van der Waals surface area contributed by atoms with E-state index in [1.54, 1.807) is 26.0 Å². The molecule has 0 radical (unpaired) electrons. The lowest BCUT2D eigenvalue weighted by Crippen LogP contribution is -2.57. The molecule has 1 aromatic carbocycles. The van der Waals surface area contributed by atoms with Crippen molar-refractivity contribution in [2.75, 3.05) is 0 Å². The summed E-state index contributed by atoms with van der Waals surface area (Å²) in [4.78, 5) is 48.5. The average Bonchev–Trinajstić information content (AvgIpc) is 2.69. The highest BCUT2D eigenvalue weighted by Gasteiger charge is 2.30. The summed E-state index contributed by atoms with van der Waals surface area (Å²) < 4.78 is 5.09. The molecule has 0 aromatic heterocycles. The maximum Gasteiger partial charge on any atom is 0.408 e. The highest BCUT2D eigenvalue weighted by molar-refractivity contribution is 5.92. The summed E-state index contributed by atoms with van der Waals surface area (Å²) in [6.45, 7) is 8.70. The second-order valence-corrected chi connectivity index (χ2v) is 8.19. The molecule has 0 bridgehead atoms. The van der Waals surface area contributed by atoms with Crippen LogP contribution in [0.3, 0.4) is 0 Å². The Morgan fingerprint density at radius 3 is 2.03 bits per heavy atom. The summed E-state index contributed by atoms with van der Waals surface area (Å²) in [7, 11) is 0. The lowest BCUT2D eigenvalue weighted by molar-refractivity contribution is -0.143. The minimum absolute atomic E-state index is 0.0600. The Hall–Kier alpha value is -3.10. The number of alkyl carbamates (subject to hydrolysis) is 1. The molecule has 0 fully saturated rings. The van der Waals surface area contributed by atoms with Gasteiger partial charge in [-0.15, -0.1) is 0 Å². The van der Waals surface area contributed by atoms with Crippen molar-refractivity contribution in [3.05, 3.63) is 35.9 Å². The number of carbonyl (C=O) groups excluding carboxylic acids is 3. The van der Waals surface area contributed by atoms with Crippen LogP contribution < -0.4 is 16.0 Å².